The Morgan fingerprint density at radius 2 is 1.73 bits per heavy atom. The topological polar surface area (TPSA) is 44.8 Å². The molecule has 4 nitrogen and oxygen atoms in total. The van der Waals surface area contributed by atoms with Crippen LogP contribution in [0.4, 0.5) is 0 Å². The number of benzene rings is 2. The summed E-state index contributed by atoms with van der Waals surface area (Å²) in [7, 11) is 3.25. The SMILES string of the molecule is COc1ccc(C2OC(=O)C(C)c3cccc(OC)c32)cc1. The lowest BCUT2D eigenvalue weighted by atomic mass is 9.87. The number of carbonyl (C=O) groups is 1. The second-order valence-corrected chi connectivity index (χ2v) is 5.27. The van der Waals surface area contributed by atoms with Crippen molar-refractivity contribution in [1.82, 2.24) is 0 Å². The predicted octanol–water partition coefficient (Wildman–Crippen LogP) is 3.45. The van der Waals surface area contributed by atoms with Crippen molar-refractivity contribution in [1.29, 1.82) is 0 Å². The van der Waals surface area contributed by atoms with Crippen molar-refractivity contribution in [3.8, 4) is 11.5 Å². The minimum atomic E-state index is -0.458. The van der Waals surface area contributed by atoms with Crippen LogP contribution in [0.5, 0.6) is 11.5 Å². The molecule has 2 aromatic rings. The summed E-state index contributed by atoms with van der Waals surface area (Å²) in [6.07, 6.45) is -0.458. The number of rotatable bonds is 3. The van der Waals surface area contributed by atoms with Gasteiger partial charge in [0.1, 0.15) is 11.5 Å². The molecule has 1 aliphatic heterocycles. The Kier molecular flexibility index (Phi) is 3.75. The van der Waals surface area contributed by atoms with E-state index in [0.717, 1.165) is 28.2 Å². The van der Waals surface area contributed by atoms with Crippen molar-refractivity contribution in [2.45, 2.75) is 18.9 Å². The van der Waals surface area contributed by atoms with E-state index in [2.05, 4.69) is 0 Å². The van der Waals surface area contributed by atoms with E-state index in [4.69, 9.17) is 14.2 Å². The molecule has 0 saturated carbocycles. The summed E-state index contributed by atoms with van der Waals surface area (Å²) >= 11 is 0. The van der Waals surface area contributed by atoms with Gasteiger partial charge in [-0.3, -0.25) is 4.79 Å². The van der Waals surface area contributed by atoms with Crippen LogP contribution >= 0.6 is 0 Å². The maximum Gasteiger partial charge on any atom is 0.314 e. The summed E-state index contributed by atoms with van der Waals surface area (Å²) in [6.45, 7) is 1.85. The molecule has 0 aromatic heterocycles. The molecule has 4 heteroatoms. The first-order chi connectivity index (χ1) is 10.7. The smallest absolute Gasteiger partial charge is 0.314 e. The van der Waals surface area contributed by atoms with Crippen LogP contribution in [0.3, 0.4) is 0 Å². The van der Waals surface area contributed by atoms with Crippen LogP contribution in [-0.4, -0.2) is 20.2 Å². The number of methoxy groups -OCH3 is 2. The second-order valence-electron chi connectivity index (χ2n) is 5.27. The fourth-order valence-electron chi connectivity index (χ4n) is 2.81. The van der Waals surface area contributed by atoms with Gasteiger partial charge in [0, 0.05) is 5.56 Å². The zero-order valence-corrected chi connectivity index (χ0v) is 12.8. The Hall–Kier alpha value is -2.49. The third-order valence-electron chi connectivity index (χ3n) is 4.05. The Morgan fingerprint density at radius 3 is 2.36 bits per heavy atom. The van der Waals surface area contributed by atoms with Gasteiger partial charge in [-0.05, 0) is 36.2 Å². The molecule has 114 valence electrons. The average molecular weight is 298 g/mol. The Bertz CT molecular complexity index is 691. The molecule has 2 unspecified atom stereocenters. The van der Waals surface area contributed by atoms with Crippen LogP contribution in [0, 0.1) is 0 Å². The molecule has 0 saturated heterocycles. The van der Waals surface area contributed by atoms with Crippen molar-refractivity contribution >= 4 is 5.97 Å². The molecule has 0 N–H and O–H groups in total. The Labute approximate surface area is 129 Å². The van der Waals surface area contributed by atoms with E-state index < -0.39 is 6.10 Å². The number of ether oxygens (including phenoxy) is 3. The van der Waals surface area contributed by atoms with Gasteiger partial charge in [0.25, 0.3) is 0 Å². The average Bonchev–Trinajstić information content (AvgIpc) is 2.57. The van der Waals surface area contributed by atoms with Gasteiger partial charge in [-0.15, -0.1) is 0 Å². The first-order valence-corrected chi connectivity index (χ1v) is 7.17. The highest BCUT2D eigenvalue weighted by Crippen LogP contribution is 2.43. The van der Waals surface area contributed by atoms with E-state index in [1.165, 1.54) is 0 Å². The van der Waals surface area contributed by atoms with Gasteiger partial charge in [-0.25, -0.2) is 0 Å². The Balaban J connectivity index is 2.12. The number of esters is 1. The van der Waals surface area contributed by atoms with Gasteiger partial charge < -0.3 is 14.2 Å². The number of fused-ring (bicyclic) bond motifs is 1. The van der Waals surface area contributed by atoms with Crippen LogP contribution in [0.2, 0.25) is 0 Å². The molecule has 0 aliphatic carbocycles. The second kappa shape index (κ2) is 5.72. The van der Waals surface area contributed by atoms with E-state index in [1.54, 1.807) is 14.2 Å². The molecule has 0 fully saturated rings. The van der Waals surface area contributed by atoms with Crippen LogP contribution < -0.4 is 9.47 Å². The molecule has 22 heavy (non-hydrogen) atoms. The number of hydrogen-bond donors (Lipinski definition) is 0. The third kappa shape index (κ3) is 2.30. The van der Waals surface area contributed by atoms with Crippen molar-refractivity contribution in [3.63, 3.8) is 0 Å². The molecule has 0 spiro atoms. The summed E-state index contributed by atoms with van der Waals surface area (Å²) in [5, 5.41) is 0. The standard InChI is InChI=1S/C18H18O4/c1-11-14-5-4-6-15(21-3)16(14)17(22-18(11)19)12-7-9-13(20-2)10-8-12/h4-11,17H,1-3H3. The Morgan fingerprint density at radius 1 is 1.00 bits per heavy atom. The van der Waals surface area contributed by atoms with Gasteiger partial charge in [-0.2, -0.15) is 0 Å². The summed E-state index contributed by atoms with van der Waals surface area (Å²) < 4.78 is 16.3. The summed E-state index contributed by atoms with van der Waals surface area (Å²) in [5.74, 6) is 0.985. The molecule has 2 atom stereocenters. The third-order valence-corrected chi connectivity index (χ3v) is 4.05. The quantitative estimate of drug-likeness (QED) is 0.814. The van der Waals surface area contributed by atoms with Crippen LogP contribution in [0.15, 0.2) is 42.5 Å². The summed E-state index contributed by atoms with van der Waals surface area (Å²) in [4.78, 5) is 12.2. The van der Waals surface area contributed by atoms with Gasteiger partial charge in [0.15, 0.2) is 6.10 Å². The number of carbonyl (C=O) groups excluding carboxylic acids is 1. The van der Waals surface area contributed by atoms with E-state index in [-0.39, 0.29) is 11.9 Å². The molecule has 1 heterocycles. The van der Waals surface area contributed by atoms with Crippen LogP contribution in [-0.2, 0) is 9.53 Å². The molecule has 0 bridgehead atoms. The zero-order chi connectivity index (χ0) is 15.7. The highest BCUT2D eigenvalue weighted by atomic mass is 16.5. The first-order valence-electron chi connectivity index (χ1n) is 7.17. The fraction of sp³-hybridized carbons (Fsp3) is 0.278. The monoisotopic (exact) mass is 298 g/mol. The first kappa shape index (κ1) is 14.4. The fourth-order valence-corrected chi connectivity index (χ4v) is 2.81. The number of hydrogen-bond acceptors (Lipinski definition) is 4. The van der Waals surface area contributed by atoms with Gasteiger partial charge in [0.2, 0.25) is 0 Å². The lowest BCUT2D eigenvalue weighted by molar-refractivity contribution is -0.150. The van der Waals surface area contributed by atoms with Crippen molar-refractivity contribution in [2.75, 3.05) is 14.2 Å². The highest BCUT2D eigenvalue weighted by molar-refractivity contribution is 5.81. The predicted molar refractivity (Wildman–Crippen MR) is 82.3 cm³/mol. The molecular formula is C18H18O4. The van der Waals surface area contributed by atoms with Gasteiger partial charge in [0.05, 0.1) is 20.1 Å². The maximum atomic E-state index is 12.2. The van der Waals surface area contributed by atoms with E-state index >= 15 is 0 Å². The van der Waals surface area contributed by atoms with E-state index in [1.807, 2.05) is 49.4 Å². The highest BCUT2D eigenvalue weighted by Gasteiger charge is 2.35. The molecule has 3 rings (SSSR count). The zero-order valence-electron chi connectivity index (χ0n) is 12.8. The van der Waals surface area contributed by atoms with Gasteiger partial charge in [-0.1, -0.05) is 24.3 Å². The summed E-state index contributed by atoms with van der Waals surface area (Å²) in [5.41, 5.74) is 2.77. The molecule has 1 aliphatic rings. The molecule has 2 aromatic carbocycles. The van der Waals surface area contributed by atoms with Crippen molar-refractivity contribution in [3.05, 3.63) is 59.2 Å². The lowest BCUT2D eigenvalue weighted by Gasteiger charge is -2.31. The normalized spacial score (nSPS) is 20.0. The van der Waals surface area contributed by atoms with E-state index in [0.29, 0.717) is 0 Å². The van der Waals surface area contributed by atoms with Crippen molar-refractivity contribution in [2.24, 2.45) is 0 Å². The summed E-state index contributed by atoms with van der Waals surface area (Å²) in [6, 6.07) is 13.3. The van der Waals surface area contributed by atoms with Crippen LogP contribution in [0.25, 0.3) is 0 Å². The minimum Gasteiger partial charge on any atom is -0.497 e. The number of cyclic esters (lactones) is 1. The minimum absolute atomic E-state index is 0.221. The van der Waals surface area contributed by atoms with Crippen molar-refractivity contribution < 1.29 is 19.0 Å². The lowest BCUT2D eigenvalue weighted by Crippen LogP contribution is -2.26. The van der Waals surface area contributed by atoms with E-state index in [9.17, 15) is 4.79 Å². The maximum absolute atomic E-state index is 12.2. The molecule has 0 amide bonds. The van der Waals surface area contributed by atoms with Gasteiger partial charge >= 0.3 is 5.97 Å². The molecular weight excluding hydrogens is 280 g/mol. The largest absolute Gasteiger partial charge is 0.497 e. The molecule has 0 radical (unpaired) electrons. The van der Waals surface area contributed by atoms with Crippen LogP contribution in [0.1, 0.15) is 35.6 Å².